The van der Waals surface area contributed by atoms with Crippen LogP contribution in [0.1, 0.15) is 45.4 Å². The van der Waals surface area contributed by atoms with E-state index in [2.05, 4.69) is 4.74 Å². The first-order valence-electron chi connectivity index (χ1n) is 6.67. The molecule has 0 saturated heterocycles. The van der Waals surface area contributed by atoms with E-state index in [4.69, 9.17) is 9.84 Å². The van der Waals surface area contributed by atoms with Gasteiger partial charge in [-0.05, 0) is 19.8 Å². The first-order chi connectivity index (χ1) is 9.95. The summed E-state index contributed by atoms with van der Waals surface area (Å²) in [5.41, 5.74) is 0. The van der Waals surface area contributed by atoms with Crippen molar-refractivity contribution < 1.29 is 33.8 Å². The van der Waals surface area contributed by atoms with Gasteiger partial charge in [-0.2, -0.15) is 0 Å². The molecule has 7 heteroatoms. The second kappa shape index (κ2) is 11.6. The zero-order valence-electron chi connectivity index (χ0n) is 12.0. The van der Waals surface area contributed by atoms with E-state index in [0.717, 1.165) is 0 Å². The zero-order chi connectivity index (χ0) is 16.1. The van der Waals surface area contributed by atoms with Crippen LogP contribution in [0.15, 0.2) is 12.2 Å². The van der Waals surface area contributed by atoms with Gasteiger partial charge in [0.2, 0.25) is 0 Å². The van der Waals surface area contributed by atoms with Gasteiger partial charge >= 0.3 is 23.9 Å². The minimum Gasteiger partial charge on any atom is -0.481 e. The monoisotopic (exact) mass is 300 g/mol. The summed E-state index contributed by atoms with van der Waals surface area (Å²) < 4.78 is 9.28. The lowest BCUT2D eigenvalue weighted by molar-refractivity contribution is -0.161. The number of carbonyl (C=O) groups excluding carboxylic acids is 3. The summed E-state index contributed by atoms with van der Waals surface area (Å²) >= 11 is 0. The molecule has 0 aliphatic heterocycles. The Morgan fingerprint density at radius 2 is 1.48 bits per heavy atom. The minimum absolute atomic E-state index is 0.000947. The highest BCUT2D eigenvalue weighted by Crippen LogP contribution is 2.04. The fourth-order valence-electron chi connectivity index (χ4n) is 1.29. The van der Waals surface area contributed by atoms with Crippen LogP contribution in [0.3, 0.4) is 0 Å². The fraction of sp³-hybridized carbons (Fsp3) is 0.571. The van der Waals surface area contributed by atoms with Crippen LogP contribution in [-0.2, 0) is 28.7 Å². The van der Waals surface area contributed by atoms with Crippen LogP contribution in [0, 0.1) is 0 Å². The number of ether oxygens (including phenoxy) is 2. The summed E-state index contributed by atoms with van der Waals surface area (Å²) in [6.07, 6.45) is 3.81. The van der Waals surface area contributed by atoms with Crippen molar-refractivity contribution in [1.82, 2.24) is 0 Å². The third-order valence-corrected chi connectivity index (χ3v) is 2.36. The molecule has 0 aliphatic rings. The van der Waals surface area contributed by atoms with E-state index in [-0.39, 0.29) is 38.3 Å². The Bertz CT molecular complexity index is 398. The predicted octanol–water partition coefficient (Wildman–Crippen LogP) is 1.60. The molecular weight excluding hydrogens is 280 g/mol. The topological polar surface area (TPSA) is 107 Å². The maximum Gasteiger partial charge on any atom is 0.314 e. The number of unbranched alkanes of at least 4 members (excludes halogenated alkanes) is 1. The lowest BCUT2D eigenvalue weighted by Crippen LogP contribution is -2.13. The fourth-order valence-corrected chi connectivity index (χ4v) is 1.29. The SMILES string of the molecule is CC=CCOC(=O)CCCCC(=O)OC(=O)CCC(=O)O. The van der Waals surface area contributed by atoms with Gasteiger partial charge in [0.05, 0.1) is 12.8 Å². The van der Waals surface area contributed by atoms with Crippen molar-refractivity contribution in [2.75, 3.05) is 6.61 Å². The van der Waals surface area contributed by atoms with Crippen LogP contribution in [0.4, 0.5) is 0 Å². The van der Waals surface area contributed by atoms with Crippen molar-refractivity contribution in [3.8, 4) is 0 Å². The molecule has 0 fully saturated rings. The molecule has 0 amide bonds. The Balaban J connectivity index is 3.63. The molecule has 21 heavy (non-hydrogen) atoms. The Morgan fingerprint density at radius 3 is 2.05 bits per heavy atom. The molecular formula is C14H20O7. The second-order valence-electron chi connectivity index (χ2n) is 4.20. The number of carboxylic acids is 1. The molecule has 0 heterocycles. The Morgan fingerprint density at radius 1 is 0.905 bits per heavy atom. The summed E-state index contributed by atoms with van der Waals surface area (Å²) in [6.45, 7) is 2.05. The molecule has 0 aliphatic carbocycles. The standard InChI is InChI=1S/C14H20O7/c1-2-3-10-20-12(17)6-4-5-7-13(18)21-14(19)9-8-11(15)16/h2-3H,4-10H2,1H3,(H,15,16). The molecule has 0 aromatic heterocycles. The van der Waals surface area contributed by atoms with E-state index in [0.29, 0.717) is 12.8 Å². The molecule has 0 aromatic carbocycles. The maximum absolute atomic E-state index is 11.2. The molecule has 0 aromatic rings. The van der Waals surface area contributed by atoms with E-state index >= 15 is 0 Å². The third-order valence-electron chi connectivity index (χ3n) is 2.36. The quantitative estimate of drug-likeness (QED) is 0.282. The van der Waals surface area contributed by atoms with Crippen molar-refractivity contribution in [2.24, 2.45) is 0 Å². The van der Waals surface area contributed by atoms with Gasteiger partial charge in [0.25, 0.3) is 0 Å². The molecule has 0 bridgehead atoms. The first kappa shape index (κ1) is 18.8. The number of carboxylic acid groups (broad SMARTS) is 1. The number of carbonyl (C=O) groups is 4. The largest absolute Gasteiger partial charge is 0.481 e. The average molecular weight is 300 g/mol. The summed E-state index contributed by atoms with van der Waals surface area (Å²) in [6, 6.07) is 0. The number of rotatable bonds is 10. The highest BCUT2D eigenvalue weighted by molar-refractivity contribution is 5.87. The summed E-state index contributed by atoms with van der Waals surface area (Å²) in [7, 11) is 0. The lowest BCUT2D eigenvalue weighted by atomic mass is 10.2. The predicted molar refractivity (Wildman–Crippen MR) is 72.2 cm³/mol. The van der Waals surface area contributed by atoms with Gasteiger partial charge in [0.1, 0.15) is 6.61 Å². The van der Waals surface area contributed by atoms with Crippen molar-refractivity contribution in [2.45, 2.75) is 45.4 Å². The molecule has 0 radical (unpaired) electrons. The highest BCUT2D eigenvalue weighted by atomic mass is 16.6. The van der Waals surface area contributed by atoms with Gasteiger partial charge in [-0.3, -0.25) is 19.2 Å². The van der Waals surface area contributed by atoms with Crippen molar-refractivity contribution >= 4 is 23.9 Å². The summed E-state index contributed by atoms with van der Waals surface area (Å²) in [4.78, 5) is 43.7. The Hall–Kier alpha value is -2.18. The summed E-state index contributed by atoms with van der Waals surface area (Å²) in [5, 5.41) is 8.36. The molecule has 0 unspecified atom stereocenters. The van der Waals surface area contributed by atoms with Crippen molar-refractivity contribution in [1.29, 1.82) is 0 Å². The van der Waals surface area contributed by atoms with Crippen LogP contribution >= 0.6 is 0 Å². The molecule has 0 atom stereocenters. The van der Waals surface area contributed by atoms with Crippen LogP contribution in [0.2, 0.25) is 0 Å². The number of aliphatic carboxylic acids is 1. The molecule has 7 nitrogen and oxygen atoms in total. The normalized spacial score (nSPS) is 10.3. The van der Waals surface area contributed by atoms with Gasteiger partial charge in [0.15, 0.2) is 0 Å². The highest BCUT2D eigenvalue weighted by Gasteiger charge is 2.12. The van der Waals surface area contributed by atoms with Crippen molar-refractivity contribution in [3.63, 3.8) is 0 Å². The molecule has 1 N–H and O–H groups in total. The molecule has 0 saturated carbocycles. The van der Waals surface area contributed by atoms with E-state index < -0.39 is 17.9 Å². The van der Waals surface area contributed by atoms with Crippen LogP contribution in [0.5, 0.6) is 0 Å². The van der Waals surface area contributed by atoms with E-state index in [1.165, 1.54) is 0 Å². The van der Waals surface area contributed by atoms with Gasteiger partial charge in [-0.25, -0.2) is 0 Å². The number of esters is 3. The van der Waals surface area contributed by atoms with E-state index in [1.807, 2.05) is 6.92 Å². The Kier molecular flexibility index (Phi) is 10.4. The van der Waals surface area contributed by atoms with Crippen LogP contribution in [-0.4, -0.2) is 35.6 Å². The van der Waals surface area contributed by atoms with Gasteiger partial charge < -0.3 is 14.6 Å². The van der Waals surface area contributed by atoms with Crippen molar-refractivity contribution in [3.05, 3.63) is 12.2 Å². The van der Waals surface area contributed by atoms with Gasteiger partial charge in [-0.1, -0.05) is 12.2 Å². The maximum atomic E-state index is 11.2. The Labute approximate surface area is 122 Å². The number of hydrogen-bond donors (Lipinski definition) is 1. The molecule has 0 rings (SSSR count). The molecule has 118 valence electrons. The van der Waals surface area contributed by atoms with E-state index in [9.17, 15) is 19.2 Å². The van der Waals surface area contributed by atoms with Gasteiger partial charge in [-0.15, -0.1) is 0 Å². The van der Waals surface area contributed by atoms with E-state index in [1.54, 1.807) is 12.2 Å². The minimum atomic E-state index is -1.13. The van der Waals surface area contributed by atoms with Crippen LogP contribution in [0.25, 0.3) is 0 Å². The smallest absolute Gasteiger partial charge is 0.314 e. The first-order valence-corrected chi connectivity index (χ1v) is 6.67. The lowest BCUT2D eigenvalue weighted by Gasteiger charge is -2.03. The van der Waals surface area contributed by atoms with Crippen LogP contribution < -0.4 is 0 Å². The third kappa shape index (κ3) is 12.6. The molecule has 0 spiro atoms. The average Bonchev–Trinajstić information content (AvgIpc) is 2.41. The second-order valence-corrected chi connectivity index (χ2v) is 4.20. The zero-order valence-corrected chi connectivity index (χ0v) is 12.0. The summed E-state index contributed by atoms with van der Waals surface area (Å²) in [5.74, 6) is -3.05. The van der Waals surface area contributed by atoms with Gasteiger partial charge in [0, 0.05) is 12.8 Å². The number of allylic oxidation sites excluding steroid dienone is 1. The number of hydrogen-bond acceptors (Lipinski definition) is 6.